The predicted octanol–water partition coefficient (Wildman–Crippen LogP) is -5.21. The molecule has 0 radical (unpaired) electrons. The molecule has 5 heteroatoms. The standard InChI is InChI=1S/2C10H18.4ClH.Ti/c2*1-7-6-8(2)10(4,5)9(7)3;;;;;/h2*8H,6H2,1-5H3;4*1H;/q;;;;;;+4/p-4. The number of rotatable bonds is 0. The minimum atomic E-state index is 0. The van der Waals surface area contributed by atoms with E-state index in [4.69, 9.17) is 0 Å². The van der Waals surface area contributed by atoms with Crippen LogP contribution in [0.3, 0.4) is 0 Å². The van der Waals surface area contributed by atoms with Gasteiger partial charge in [0.2, 0.25) is 0 Å². The van der Waals surface area contributed by atoms with E-state index in [-0.39, 0.29) is 71.3 Å². The molecule has 148 valence electrons. The van der Waals surface area contributed by atoms with Gasteiger partial charge in [-0.3, -0.25) is 0 Å². The molecule has 0 aromatic heterocycles. The minimum absolute atomic E-state index is 0. The first-order valence-corrected chi connectivity index (χ1v) is 8.26. The predicted molar refractivity (Wildman–Crippen MR) is 91.9 cm³/mol. The third-order valence-corrected chi connectivity index (χ3v) is 6.90. The quantitative estimate of drug-likeness (QED) is 0.248. The molecule has 0 bridgehead atoms. The van der Waals surface area contributed by atoms with Crippen molar-refractivity contribution in [3.63, 3.8) is 0 Å². The topological polar surface area (TPSA) is 0 Å². The van der Waals surface area contributed by atoms with Crippen molar-refractivity contribution in [2.75, 3.05) is 0 Å². The van der Waals surface area contributed by atoms with Gasteiger partial charge in [-0.25, -0.2) is 0 Å². The van der Waals surface area contributed by atoms with Gasteiger partial charge in [-0.05, 0) is 63.2 Å². The number of hydrogen-bond acceptors (Lipinski definition) is 0. The molecule has 25 heavy (non-hydrogen) atoms. The van der Waals surface area contributed by atoms with Gasteiger partial charge in [0, 0.05) is 0 Å². The molecule has 2 aliphatic carbocycles. The van der Waals surface area contributed by atoms with E-state index in [1.54, 1.807) is 22.3 Å². The van der Waals surface area contributed by atoms with Gasteiger partial charge in [0.05, 0.1) is 0 Å². The SMILES string of the molecule is CC1=C(C)C(C)(C)C(C)C1.CC1=C(C)C(C)(C)C(C)C1.[Cl-].[Cl-].[Cl-].[Cl-].[Ti+4]. The van der Waals surface area contributed by atoms with E-state index in [1.807, 2.05) is 0 Å². The molecule has 2 aliphatic rings. The van der Waals surface area contributed by atoms with E-state index in [0.717, 1.165) is 11.8 Å². The van der Waals surface area contributed by atoms with Crippen molar-refractivity contribution in [2.24, 2.45) is 22.7 Å². The third-order valence-electron chi connectivity index (χ3n) is 6.90. The summed E-state index contributed by atoms with van der Waals surface area (Å²) >= 11 is 0. The van der Waals surface area contributed by atoms with Gasteiger partial charge in [-0.1, -0.05) is 63.8 Å². The van der Waals surface area contributed by atoms with Crippen molar-refractivity contribution in [3.8, 4) is 0 Å². The van der Waals surface area contributed by atoms with Gasteiger partial charge >= 0.3 is 21.7 Å². The normalized spacial score (nSPS) is 25.2. The molecule has 0 amide bonds. The molecule has 0 saturated heterocycles. The molecule has 0 aliphatic heterocycles. The Hall–Kier alpha value is 1.35. The Bertz CT molecular complexity index is 409. The van der Waals surface area contributed by atoms with E-state index >= 15 is 0 Å². The largest absolute Gasteiger partial charge is 4.00 e. The minimum Gasteiger partial charge on any atom is -1.00 e. The van der Waals surface area contributed by atoms with E-state index < -0.39 is 0 Å². The third kappa shape index (κ3) is 8.09. The van der Waals surface area contributed by atoms with Crippen molar-refractivity contribution in [1.29, 1.82) is 0 Å². The van der Waals surface area contributed by atoms with Crippen LogP contribution >= 0.6 is 0 Å². The Morgan fingerprint density at radius 1 is 0.600 bits per heavy atom. The van der Waals surface area contributed by atoms with Crippen LogP contribution in [-0.4, -0.2) is 0 Å². The van der Waals surface area contributed by atoms with Gasteiger partial charge in [0.25, 0.3) is 0 Å². The smallest absolute Gasteiger partial charge is 1.00 e. The maximum absolute atomic E-state index is 2.35. The van der Waals surface area contributed by atoms with Gasteiger partial charge in [-0.2, -0.15) is 0 Å². The first kappa shape index (κ1) is 37.2. The van der Waals surface area contributed by atoms with E-state index in [9.17, 15) is 0 Å². The zero-order valence-corrected chi connectivity index (χ0v) is 22.2. The molecule has 0 heterocycles. The van der Waals surface area contributed by atoms with Gasteiger partial charge in [0.15, 0.2) is 0 Å². The van der Waals surface area contributed by atoms with Crippen LogP contribution in [0.4, 0.5) is 0 Å². The second kappa shape index (κ2) is 13.5. The van der Waals surface area contributed by atoms with Gasteiger partial charge in [0.1, 0.15) is 0 Å². The molecule has 0 fully saturated rings. The Kier molecular flexibility index (Phi) is 20.1. The second-order valence-electron chi connectivity index (χ2n) is 8.46. The van der Waals surface area contributed by atoms with Crippen LogP contribution in [0.25, 0.3) is 0 Å². The summed E-state index contributed by atoms with van der Waals surface area (Å²) in [6.07, 6.45) is 2.61. The zero-order chi connectivity index (χ0) is 15.9. The zero-order valence-electron chi connectivity index (χ0n) is 17.6. The summed E-state index contributed by atoms with van der Waals surface area (Å²) in [5, 5.41) is 0. The fourth-order valence-electron chi connectivity index (χ4n) is 3.57. The van der Waals surface area contributed by atoms with Crippen LogP contribution in [0.5, 0.6) is 0 Å². The van der Waals surface area contributed by atoms with Crippen molar-refractivity contribution in [2.45, 2.75) is 82.1 Å². The Labute approximate surface area is 197 Å². The molecule has 0 nitrogen and oxygen atoms in total. The number of halogens is 4. The molecule has 2 atom stereocenters. The molecule has 0 N–H and O–H groups in total. The average molecular weight is 466 g/mol. The first-order valence-electron chi connectivity index (χ1n) is 8.26. The van der Waals surface area contributed by atoms with E-state index in [1.165, 1.54) is 12.8 Å². The number of allylic oxidation sites excluding steroid dienone is 4. The fourth-order valence-corrected chi connectivity index (χ4v) is 3.57. The van der Waals surface area contributed by atoms with Crippen molar-refractivity contribution in [3.05, 3.63) is 22.3 Å². The maximum atomic E-state index is 2.35. The summed E-state index contributed by atoms with van der Waals surface area (Å²) in [4.78, 5) is 0. The fraction of sp³-hybridized carbons (Fsp3) is 0.800. The first-order chi connectivity index (χ1) is 8.92. The molecule has 0 saturated carbocycles. The van der Waals surface area contributed by atoms with Gasteiger partial charge < -0.3 is 49.6 Å². The summed E-state index contributed by atoms with van der Waals surface area (Å²) in [6, 6.07) is 0. The molecule has 0 aromatic rings. The summed E-state index contributed by atoms with van der Waals surface area (Å²) in [7, 11) is 0. The summed E-state index contributed by atoms with van der Waals surface area (Å²) in [5.41, 5.74) is 7.36. The van der Waals surface area contributed by atoms with Crippen molar-refractivity contribution < 1.29 is 71.3 Å². The van der Waals surface area contributed by atoms with Crippen LogP contribution in [0, 0.1) is 22.7 Å². The second-order valence-corrected chi connectivity index (χ2v) is 8.46. The maximum Gasteiger partial charge on any atom is 4.00 e. The van der Waals surface area contributed by atoms with Crippen LogP contribution in [0.15, 0.2) is 22.3 Å². The van der Waals surface area contributed by atoms with Crippen LogP contribution in [0.1, 0.15) is 82.1 Å². The van der Waals surface area contributed by atoms with Gasteiger partial charge in [-0.15, -0.1) is 0 Å². The van der Waals surface area contributed by atoms with Crippen LogP contribution in [-0.2, 0) is 21.7 Å². The van der Waals surface area contributed by atoms with Crippen LogP contribution < -0.4 is 49.6 Å². The van der Waals surface area contributed by atoms with Crippen molar-refractivity contribution in [1.82, 2.24) is 0 Å². The Morgan fingerprint density at radius 3 is 0.840 bits per heavy atom. The number of hydrogen-bond donors (Lipinski definition) is 0. The molecule has 0 spiro atoms. The van der Waals surface area contributed by atoms with E-state index in [2.05, 4.69) is 69.2 Å². The van der Waals surface area contributed by atoms with E-state index in [0.29, 0.717) is 10.8 Å². The average Bonchev–Trinajstić information content (AvgIpc) is 2.62. The summed E-state index contributed by atoms with van der Waals surface area (Å²) in [5.74, 6) is 1.68. The Morgan fingerprint density at radius 2 is 0.800 bits per heavy atom. The van der Waals surface area contributed by atoms with Crippen LogP contribution in [0.2, 0.25) is 0 Å². The molecular weight excluding hydrogens is 430 g/mol. The Balaban J connectivity index is -0.0000000889. The summed E-state index contributed by atoms with van der Waals surface area (Å²) < 4.78 is 0. The molecular formula is C20H36Cl4Ti. The molecule has 2 rings (SSSR count). The summed E-state index contributed by atoms with van der Waals surface area (Å²) in [6.45, 7) is 23.2. The molecule has 2 unspecified atom stereocenters. The monoisotopic (exact) mass is 464 g/mol. The molecule has 0 aromatic carbocycles. The van der Waals surface area contributed by atoms with Crippen molar-refractivity contribution >= 4 is 0 Å².